The molecule has 0 unspecified atom stereocenters. The first-order valence-corrected chi connectivity index (χ1v) is 11.3. The average molecular weight is 430 g/mol. The number of carbonyl (C=O) groups excluding carboxylic acids is 1. The van der Waals surface area contributed by atoms with Crippen LogP contribution < -0.4 is 16.0 Å². The minimum Gasteiger partial charge on any atom is -0.379 e. The van der Waals surface area contributed by atoms with Crippen LogP contribution in [0.25, 0.3) is 0 Å². The molecule has 1 aromatic carbocycles. The first kappa shape index (κ1) is 22.3. The van der Waals surface area contributed by atoms with Crippen molar-refractivity contribution in [2.75, 3.05) is 46.4 Å². The van der Waals surface area contributed by atoms with Gasteiger partial charge in [0, 0.05) is 46.3 Å². The minimum absolute atomic E-state index is 0.00983. The van der Waals surface area contributed by atoms with Gasteiger partial charge in [-0.05, 0) is 29.0 Å². The highest BCUT2D eigenvalue weighted by Crippen LogP contribution is 2.13. The number of carbonyl (C=O) groups is 1. The van der Waals surface area contributed by atoms with Gasteiger partial charge in [0.2, 0.25) is 0 Å². The van der Waals surface area contributed by atoms with Gasteiger partial charge < -0.3 is 20.7 Å². The van der Waals surface area contributed by atoms with Crippen molar-refractivity contribution in [3.05, 3.63) is 57.8 Å². The van der Waals surface area contributed by atoms with Crippen LogP contribution in [0.2, 0.25) is 0 Å². The van der Waals surface area contributed by atoms with Gasteiger partial charge in [0.05, 0.1) is 18.1 Å². The van der Waals surface area contributed by atoms with E-state index in [9.17, 15) is 4.79 Å². The molecule has 1 saturated heterocycles. The largest absolute Gasteiger partial charge is 0.379 e. The van der Waals surface area contributed by atoms with Crippen molar-refractivity contribution in [3.8, 4) is 0 Å². The molecule has 1 amide bonds. The van der Waals surface area contributed by atoms with Crippen LogP contribution in [-0.4, -0.2) is 63.2 Å². The minimum atomic E-state index is -0.00983. The molecule has 0 aliphatic carbocycles. The zero-order valence-corrected chi connectivity index (χ0v) is 18.3. The summed E-state index contributed by atoms with van der Waals surface area (Å²) in [6, 6.07) is 12.2. The zero-order chi connectivity index (χ0) is 21.0. The number of hydrogen-bond donors (Lipinski definition) is 3. The van der Waals surface area contributed by atoms with E-state index in [1.54, 1.807) is 7.05 Å². The molecule has 0 spiro atoms. The molecule has 0 saturated carbocycles. The van der Waals surface area contributed by atoms with Gasteiger partial charge in [0.15, 0.2) is 5.96 Å². The molecule has 1 aliphatic rings. The van der Waals surface area contributed by atoms with Crippen LogP contribution in [0.1, 0.15) is 27.2 Å². The van der Waals surface area contributed by atoms with Crippen molar-refractivity contribution in [2.45, 2.75) is 19.5 Å². The lowest BCUT2D eigenvalue weighted by Gasteiger charge is -2.27. The van der Waals surface area contributed by atoms with E-state index >= 15 is 0 Å². The molecule has 7 nitrogen and oxygen atoms in total. The smallest absolute Gasteiger partial charge is 0.261 e. The second kappa shape index (κ2) is 12.3. The fraction of sp³-hybridized carbons (Fsp3) is 0.455. The van der Waals surface area contributed by atoms with Crippen molar-refractivity contribution in [1.82, 2.24) is 20.9 Å². The molecular weight excluding hydrogens is 398 g/mol. The Kier molecular flexibility index (Phi) is 9.14. The molecule has 0 atom stereocenters. The monoisotopic (exact) mass is 429 g/mol. The maximum absolute atomic E-state index is 11.9. The fourth-order valence-electron chi connectivity index (χ4n) is 3.28. The predicted molar refractivity (Wildman–Crippen MR) is 122 cm³/mol. The van der Waals surface area contributed by atoms with Crippen LogP contribution >= 0.6 is 11.3 Å². The van der Waals surface area contributed by atoms with E-state index in [0.717, 1.165) is 63.2 Å². The van der Waals surface area contributed by atoms with Gasteiger partial charge in [-0.2, -0.15) is 0 Å². The molecule has 0 bridgehead atoms. The van der Waals surface area contributed by atoms with Crippen molar-refractivity contribution in [3.63, 3.8) is 0 Å². The summed E-state index contributed by atoms with van der Waals surface area (Å²) in [5.41, 5.74) is 2.61. The van der Waals surface area contributed by atoms with Crippen LogP contribution in [0, 0.1) is 0 Å². The maximum Gasteiger partial charge on any atom is 0.261 e. The van der Waals surface area contributed by atoms with Gasteiger partial charge in [-0.3, -0.25) is 14.7 Å². The Balaban J connectivity index is 1.38. The van der Waals surface area contributed by atoms with Crippen molar-refractivity contribution >= 4 is 23.2 Å². The predicted octanol–water partition coefficient (Wildman–Crippen LogP) is 2.07. The lowest BCUT2D eigenvalue weighted by Crippen LogP contribution is -2.39. The number of benzene rings is 1. The Morgan fingerprint density at radius 1 is 1.07 bits per heavy atom. The van der Waals surface area contributed by atoms with Gasteiger partial charge >= 0.3 is 0 Å². The summed E-state index contributed by atoms with van der Waals surface area (Å²) >= 11 is 1.45. The number of amides is 1. The van der Waals surface area contributed by atoms with Gasteiger partial charge in [-0.15, -0.1) is 11.3 Å². The fourth-order valence-corrected chi connectivity index (χ4v) is 3.92. The number of thiophene rings is 1. The molecule has 2 heterocycles. The summed E-state index contributed by atoms with van der Waals surface area (Å²) in [5, 5.41) is 11.6. The van der Waals surface area contributed by atoms with Gasteiger partial charge in [-0.1, -0.05) is 30.3 Å². The molecule has 3 N–H and O–H groups in total. The number of aliphatic imine (C=N–C) groups is 1. The van der Waals surface area contributed by atoms with Crippen LogP contribution in [0.5, 0.6) is 0 Å². The normalized spacial score (nSPS) is 15.0. The molecule has 1 aliphatic heterocycles. The molecule has 1 aromatic heterocycles. The molecule has 2 aromatic rings. The summed E-state index contributed by atoms with van der Waals surface area (Å²) in [7, 11) is 1.77. The Hall–Kier alpha value is -2.42. The molecule has 30 heavy (non-hydrogen) atoms. The first-order valence-electron chi connectivity index (χ1n) is 10.4. The average Bonchev–Trinajstić information content (AvgIpc) is 3.32. The van der Waals surface area contributed by atoms with E-state index in [1.165, 1.54) is 22.5 Å². The van der Waals surface area contributed by atoms with Crippen LogP contribution in [0.15, 0.2) is 46.8 Å². The number of guanidine groups is 1. The Morgan fingerprint density at radius 2 is 1.83 bits per heavy atom. The van der Waals surface area contributed by atoms with Gasteiger partial charge in [-0.25, -0.2) is 0 Å². The quantitative estimate of drug-likeness (QED) is 0.323. The third-order valence-corrected chi connectivity index (χ3v) is 5.83. The van der Waals surface area contributed by atoms with Crippen molar-refractivity contribution in [2.24, 2.45) is 4.99 Å². The van der Waals surface area contributed by atoms with E-state index in [-0.39, 0.29) is 5.91 Å². The molecule has 162 valence electrons. The van der Waals surface area contributed by atoms with E-state index in [2.05, 4.69) is 50.1 Å². The highest BCUT2D eigenvalue weighted by atomic mass is 32.1. The van der Waals surface area contributed by atoms with Crippen LogP contribution in [-0.2, 0) is 17.8 Å². The molecule has 8 heteroatoms. The number of hydrogen-bond acceptors (Lipinski definition) is 5. The summed E-state index contributed by atoms with van der Waals surface area (Å²) in [6.07, 6.45) is 0.825. The lowest BCUT2D eigenvalue weighted by molar-refractivity contribution is 0.0341. The van der Waals surface area contributed by atoms with E-state index in [0.29, 0.717) is 6.54 Å². The van der Waals surface area contributed by atoms with Crippen molar-refractivity contribution < 1.29 is 9.53 Å². The standard InChI is InChI=1S/C22H31N5O2S/c1-23-22(25-10-5-9-24-21(28)20-8-4-15-30-20)26-16-18-6-2-3-7-19(18)17-27-11-13-29-14-12-27/h2-4,6-8,15H,5,9-14,16-17H2,1H3,(H,24,28)(H2,23,25,26). The summed E-state index contributed by atoms with van der Waals surface area (Å²) < 4.78 is 5.45. The molecular formula is C22H31N5O2S. The highest BCUT2D eigenvalue weighted by molar-refractivity contribution is 7.12. The number of rotatable bonds is 9. The Labute approximate surface area is 182 Å². The lowest BCUT2D eigenvalue weighted by atomic mass is 10.1. The maximum atomic E-state index is 11.9. The second-order valence-corrected chi connectivity index (χ2v) is 8.04. The van der Waals surface area contributed by atoms with E-state index in [4.69, 9.17) is 4.74 Å². The van der Waals surface area contributed by atoms with E-state index in [1.807, 2.05) is 17.5 Å². The highest BCUT2D eigenvalue weighted by Gasteiger charge is 2.12. The van der Waals surface area contributed by atoms with Crippen LogP contribution in [0.3, 0.4) is 0 Å². The second-order valence-electron chi connectivity index (χ2n) is 7.10. The molecule has 1 fully saturated rings. The third-order valence-electron chi connectivity index (χ3n) is 4.96. The van der Waals surface area contributed by atoms with Gasteiger partial charge in [0.1, 0.15) is 0 Å². The summed E-state index contributed by atoms with van der Waals surface area (Å²) in [4.78, 5) is 19.4. The molecule has 0 radical (unpaired) electrons. The Bertz CT molecular complexity index is 804. The summed E-state index contributed by atoms with van der Waals surface area (Å²) in [6.45, 7) is 6.60. The first-order chi connectivity index (χ1) is 14.8. The van der Waals surface area contributed by atoms with Crippen LogP contribution in [0.4, 0.5) is 0 Å². The number of nitrogens with zero attached hydrogens (tertiary/aromatic N) is 2. The number of ether oxygens (including phenoxy) is 1. The zero-order valence-electron chi connectivity index (χ0n) is 17.5. The number of morpholine rings is 1. The molecule has 3 rings (SSSR count). The van der Waals surface area contributed by atoms with Crippen molar-refractivity contribution in [1.29, 1.82) is 0 Å². The summed E-state index contributed by atoms with van der Waals surface area (Å²) in [5.74, 6) is 0.755. The third kappa shape index (κ3) is 7.12. The topological polar surface area (TPSA) is 78.0 Å². The van der Waals surface area contributed by atoms with Gasteiger partial charge in [0.25, 0.3) is 5.91 Å². The van der Waals surface area contributed by atoms with E-state index < -0.39 is 0 Å². The Morgan fingerprint density at radius 3 is 2.57 bits per heavy atom. The number of nitrogens with one attached hydrogen (secondary N) is 3. The SMILES string of the molecule is CN=C(NCCCNC(=O)c1cccs1)NCc1ccccc1CN1CCOCC1.